The minimum absolute atomic E-state index is 0.0223. The molecule has 114 valence electrons. The Bertz CT molecular complexity index is 393. The van der Waals surface area contributed by atoms with Crippen molar-refractivity contribution in [2.45, 2.75) is 46.5 Å². The lowest BCUT2D eigenvalue weighted by Crippen LogP contribution is -2.47. The summed E-state index contributed by atoms with van der Waals surface area (Å²) >= 11 is 0. The van der Waals surface area contributed by atoms with E-state index in [0.717, 1.165) is 12.8 Å². The van der Waals surface area contributed by atoms with Gasteiger partial charge >= 0.3 is 12.0 Å². The number of nitrogens with one attached hydrogen (secondary N) is 1. The number of carbonyl (C=O) groups excluding carboxylic acids is 2. The zero-order valence-electron chi connectivity index (χ0n) is 12.4. The summed E-state index contributed by atoms with van der Waals surface area (Å²) in [6.45, 7) is 6.82. The van der Waals surface area contributed by atoms with E-state index in [9.17, 15) is 14.4 Å². The molecule has 20 heavy (non-hydrogen) atoms. The molecule has 0 aromatic rings. The molecule has 1 unspecified atom stereocenters. The van der Waals surface area contributed by atoms with Gasteiger partial charge in [0.2, 0.25) is 5.91 Å². The molecule has 6 heteroatoms. The number of likely N-dealkylation sites (tertiary alicyclic amines) is 1. The van der Waals surface area contributed by atoms with Gasteiger partial charge < -0.3 is 10.0 Å². The number of hydrogen-bond donors (Lipinski definition) is 2. The number of carbonyl (C=O) groups is 3. The molecule has 1 saturated heterocycles. The van der Waals surface area contributed by atoms with Crippen molar-refractivity contribution in [2.24, 2.45) is 11.3 Å². The van der Waals surface area contributed by atoms with E-state index in [4.69, 9.17) is 5.11 Å². The maximum absolute atomic E-state index is 11.9. The zero-order valence-corrected chi connectivity index (χ0v) is 12.4. The van der Waals surface area contributed by atoms with Crippen LogP contribution in [0.1, 0.15) is 46.5 Å². The number of rotatable bonds is 4. The van der Waals surface area contributed by atoms with E-state index >= 15 is 0 Å². The molecule has 0 aromatic heterocycles. The maximum Gasteiger partial charge on any atom is 0.324 e. The molecule has 1 heterocycles. The number of urea groups is 1. The quantitative estimate of drug-likeness (QED) is 0.824. The Morgan fingerprint density at radius 2 is 1.95 bits per heavy atom. The molecule has 0 spiro atoms. The van der Waals surface area contributed by atoms with Crippen LogP contribution in [0.5, 0.6) is 0 Å². The van der Waals surface area contributed by atoms with Gasteiger partial charge in [-0.15, -0.1) is 0 Å². The van der Waals surface area contributed by atoms with Crippen molar-refractivity contribution in [3.8, 4) is 0 Å². The molecule has 3 amide bonds. The molecule has 0 bridgehead atoms. The van der Waals surface area contributed by atoms with Crippen LogP contribution < -0.4 is 5.32 Å². The van der Waals surface area contributed by atoms with Gasteiger partial charge in [0.05, 0.1) is 6.42 Å². The Hall–Kier alpha value is -1.59. The molecule has 2 N–H and O–H groups in total. The van der Waals surface area contributed by atoms with Crippen molar-refractivity contribution < 1.29 is 19.5 Å². The van der Waals surface area contributed by atoms with Gasteiger partial charge in [-0.05, 0) is 24.2 Å². The van der Waals surface area contributed by atoms with Crippen molar-refractivity contribution in [3.05, 3.63) is 0 Å². The van der Waals surface area contributed by atoms with Crippen LogP contribution in [0.2, 0.25) is 0 Å². The first-order valence-electron chi connectivity index (χ1n) is 7.00. The highest BCUT2D eigenvalue weighted by atomic mass is 16.4. The molecule has 1 aliphatic rings. The second kappa shape index (κ2) is 6.72. The van der Waals surface area contributed by atoms with Crippen LogP contribution >= 0.6 is 0 Å². The van der Waals surface area contributed by atoms with E-state index in [0.29, 0.717) is 19.0 Å². The highest BCUT2D eigenvalue weighted by molar-refractivity contribution is 5.94. The Morgan fingerprint density at radius 3 is 2.50 bits per heavy atom. The Morgan fingerprint density at radius 1 is 1.30 bits per heavy atom. The summed E-state index contributed by atoms with van der Waals surface area (Å²) in [5.41, 5.74) is -0.661. The van der Waals surface area contributed by atoms with Gasteiger partial charge in [-0.1, -0.05) is 20.8 Å². The fourth-order valence-corrected chi connectivity index (χ4v) is 2.52. The van der Waals surface area contributed by atoms with E-state index in [-0.39, 0.29) is 18.9 Å². The molecule has 6 nitrogen and oxygen atoms in total. The number of carboxylic acid groups (broad SMARTS) is 1. The summed E-state index contributed by atoms with van der Waals surface area (Å²) in [5.74, 6) is -0.911. The van der Waals surface area contributed by atoms with Crippen LogP contribution in [0.25, 0.3) is 0 Å². The molecular formula is C14H24N2O4. The molecule has 0 aromatic carbocycles. The second-order valence-corrected chi connectivity index (χ2v) is 6.46. The summed E-state index contributed by atoms with van der Waals surface area (Å²) in [4.78, 5) is 36.1. The first-order valence-corrected chi connectivity index (χ1v) is 7.00. The summed E-state index contributed by atoms with van der Waals surface area (Å²) < 4.78 is 0. The Kier molecular flexibility index (Phi) is 5.53. The van der Waals surface area contributed by atoms with E-state index < -0.39 is 17.3 Å². The largest absolute Gasteiger partial charge is 0.481 e. The average Bonchev–Trinajstić information content (AvgIpc) is 2.25. The fourth-order valence-electron chi connectivity index (χ4n) is 2.52. The van der Waals surface area contributed by atoms with Gasteiger partial charge in [-0.2, -0.15) is 0 Å². The third-order valence-corrected chi connectivity index (χ3v) is 3.46. The fraction of sp³-hybridized carbons (Fsp3) is 0.786. The monoisotopic (exact) mass is 284 g/mol. The molecule has 1 fully saturated rings. The second-order valence-electron chi connectivity index (χ2n) is 6.46. The first-order chi connectivity index (χ1) is 9.19. The number of nitrogens with zero attached hydrogens (tertiary/aromatic N) is 1. The van der Waals surface area contributed by atoms with Crippen LogP contribution in [0.3, 0.4) is 0 Å². The van der Waals surface area contributed by atoms with Gasteiger partial charge in [0, 0.05) is 19.5 Å². The van der Waals surface area contributed by atoms with Crippen molar-refractivity contribution in [1.82, 2.24) is 10.2 Å². The Labute approximate surface area is 119 Å². The van der Waals surface area contributed by atoms with E-state index in [1.165, 1.54) is 0 Å². The minimum Gasteiger partial charge on any atom is -0.481 e. The molecule has 0 aliphatic carbocycles. The topological polar surface area (TPSA) is 86.7 Å². The van der Waals surface area contributed by atoms with Crippen LogP contribution in [0, 0.1) is 11.3 Å². The number of hydrogen-bond acceptors (Lipinski definition) is 3. The predicted octanol–water partition coefficient (Wildman–Crippen LogP) is 1.85. The number of aliphatic carboxylic acids is 1. The number of amides is 3. The molecule has 0 saturated carbocycles. The SMILES string of the molecule is CC1CCCN(C(=O)NC(=O)CC(C)(C)CC(=O)O)C1. The highest BCUT2D eigenvalue weighted by Gasteiger charge is 2.27. The molecule has 0 radical (unpaired) electrons. The van der Waals surface area contributed by atoms with Crippen LogP contribution in [-0.4, -0.2) is 41.0 Å². The molecule has 1 aliphatic heterocycles. The normalized spacial score (nSPS) is 19.6. The van der Waals surface area contributed by atoms with Crippen molar-refractivity contribution in [1.29, 1.82) is 0 Å². The van der Waals surface area contributed by atoms with Crippen LogP contribution in [0.15, 0.2) is 0 Å². The molecule has 1 atom stereocenters. The van der Waals surface area contributed by atoms with Gasteiger partial charge in [0.25, 0.3) is 0 Å². The third-order valence-electron chi connectivity index (χ3n) is 3.46. The van der Waals surface area contributed by atoms with Crippen LogP contribution in [-0.2, 0) is 9.59 Å². The molecular weight excluding hydrogens is 260 g/mol. The summed E-state index contributed by atoms with van der Waals surface area (Å²) in [6.07, 6.45) is 1.97. The summed E-state index contributed by atoms with van der Waals surface area (Å²) in [6, 6.07) is -0.368. The van der Waals surface area contributed by atoms with Crippen molar-refractivity contribution in [3.63, 3.8) is 0 Å². The van der Waals surface area contributed by atoms with E-state index in [2.05, 4.69) is 12.2 Å². The smallest absolute Gasteiger partial charge is 0.324 e. The maximum atomic E-state index is 11.9. The van der Waals surface area contributed by atoms with Crippen molar-refractivity contribution >= 4 is 17.9 Å². The molecule has 1 rings (SSSR count). The van der Waals surface area contributed by atoms with E-state index in [1.807, 2.05) is 0 Å². The minimum atomic E-state index is -0.945. The number of carboxylic acids is 1. The lowest BCUT2D eigenvalue weighted by Gasteiger charge is -2.31. The predicted molar refractivity (Wildman–Crippen MR) is 74.2 cm³/mol. The number of imide groups is 1. The summed E-state index contributed by atoms with van der Waals surface area (Å²) in [5, 5.41) is 11.1. The first kappa shape index (κ1) is 16.5. The third kappa shape index (κ3) is 5.59. The number of piperidine rings is 1. The van der Waals surface area contributed by atoms with Gasteiger partial charge in [0.15, 0.2) is 0 Å². The lowest BCUT2D eigenvalue weighted by molar-refractivity contribution is -0.139. The lowest BCUT2D eigenvalue weighted by atomic mass is 9.85. The van der Waals surface area contributed by atoms with Gasteiger partial charge in [0.1, 0.15) is 0 Å². The Balaban J connectivity index is 2.45. The van der Waals surface area contributed by atoms with E-state index in [1.54, 1.807) is 18.7 Å². The van der Waals surface area contributed by atoms with Gasteiger partial charge in [-0.25, -0.2) is 4.79 Å². The zero-order chi connectivity index (χ0) is 15.3. The van der Waals surface area contributed by atoms with Crippen molar-refractivity contribution in [2.75, 3.05) is 13.1 Å². The standard InChI is InChI=1S/C14H24N2O4/c1-10-5-4-6-16(9-10)13(20)15-11(17)7-14(2,3)8-12(18)19/h10H,4-9H2,1-3H3,(H,18,19)(H,15,17,20). The van der Waals surface area contributed by atoms with Crippen LogP contribution in [0.4, 0.5) is 4.79 Å². The highest BCUT2D eigenvalue weighted by Crippen LogP contribution is 2.24. The van der Waals surface area contributed by atoms with Gasteiger partial charge in [-0.3, -0.25) is 14.9 Å². The average molecular weight is 284 g/mol. The summed E-state index contributed by atoms with van der Waals surface area (Å²) in [7, 11) is 0.